The van der Waals surface area contributed by atoms with Gasteiger partial charge in [0, 0.05) is 37.4 Å². The molecule has 1 amide bonds. The van der Waals surface area contributed by atoms with Crippen molar-refractivity contribution in [2.24, 2.45) is 0 Å². The summed E-state index contributed by atoms with van der Waals surface area (Å²) in [6.07, 6.45) is 0. The number of hydrogen-bond donors (Lipinski definition) is 2. The van der Waals surface area contributed by atoms with E-state index in [4.69, 9.17) is 0 Å². The van der Waals surface area contributed by atoms with E-state index in [-0.39, 0.29) is 5.91 Å². The van der Waals surface area contributed by atoms with Crippen LogP contribution in [-0.2, 0) is 4.79 Å². The van der Waals surface area contributed by atoms with Gasteiger partial charge in [-0.05, 0) is 37.7 Å². The molecule has 7 nitrogen and oxygen atoms in total. The van der Waals surface area contributed by atoms with Crippen LogP contribution in [0.4, 0.5) is 5.69 Å². The van der Waals surface area contributed by atoms with E-state index >= 15 is 0 Å². The van der Waals surface area contributed by atoms with Gasteiger partial charge in [0.05, 0.1) is 6.54 Å². The number of aromatic nitrogens is 3. The van der Waals surface area contributed by atoms with Crippen LogP contribution >= 0.6 is 0 Å². The molecule has 1 aromatic heterocycles. The summed E-state index contributed by atoms with van der Waals surface area (Å²) in [5.74, 6) is 1.48. The van der Waals surface area contributed by atoms with Crippen molar-refractivity contribution < 1.29 is 4.79 Å². The molecule has 1 aromatic carbocycles. The zero-order valence-corrected chi connectivity index (χ0v) is 14.2. The van der Waals surface area contributed by atoms with E-state index in [9.17, 15) is 4.79 Å². The zero-order chi connectivity index (χ0) is 16.9. The number of likely N-dealkylation sites (N-methyl/N-ethyl adjacent to an activating group) is 1. The lowest BCUT2D eigenvalue weighted by atomic mass is 10.2. The predicted octanol–water partition coefficient (Wildman–Crippen LogP) is 1.36. The molecule has 1 aliphatic heterocycles. The fraction of sp³-hybridized carbons (Fsp3) is 0.471. The number of benzene rings is 1. The van der Waals surface area contributed by atoms with E-state index in [1.165, 1.54) is 0 Å². The van der Waals surface area contributed by atoms with Gasteiger partial charge in [-0.1, -0.05) is 6.92 Å². The third kappa shape index (κ3) is 4.18. The van der Waals surface area contributed by atoms with Crippen molar-refractivity contribution in [2.45, 2.75) is 13.8 Å². The second kappa shape index (κ2) is 7.55. The molecule has 1 saturated heterocycles. The minimum absolute atomic E-state index is 0.0291. The maximum absolute atomic E-state index is 12.2. The first-order valence-electron chi connectivity index (χ1n) is 8.38. The standard InChI is InChI=1S/C17H24N6O/c1-3-22-8-10-23(11-9-22)12-16(24)19-15-6-4-14(5-7-15)17-18-13(2)20-21-17/h4-7H,3,8-12H2,1-2H3,(H,19,24)(H,18,20,21). The Bertz CT molecular complexity index is 673. The van der Waals surface area contributed by atoms with Crippen LogP contribution in [0.2, 0.25) is 0 Å². The summed E-state index contributed by atoms with van der Waals surface area (Å²) in [6, 6.07) is 7.60. The van der Waals surface area contributed by atoms with Crippen molar-refractivity contribution in [2.75, 3.05) is 44.6 Å². The minimum atomic E-state index is 0.0291. The molecular weight excluding hydrogens is 304 g/mol. The highest BCUT2D eigenvalue weighted by Gasteiger charge is 2.17. The molecule has 1 aliphatic rings. The van der Waals surface area contributed by atoms with E-state index < -0.39 is 0 Å². The molecule has 7 heteroatoms. The van der Waals surface area contributed by atoms with Gasteiger partial charge < -0.3 is 10.2 Å². The number of aromatic amines is 1. The number of amides is 1. The van der Waals surface area contributed by atoms with Crippen molar-refractivity contribution in [3.05, 3.63) is 30.1 Å². The number of piperazine rings is 1. The van der Waals surface area contributed by atoms with Gasteiger partial charge in [-0.3, -0.25) is 14.8 Å². The molecule has 1 fully saturated rings. The third-order valence-corrected chi connectivity index (χ3v) is 4.30. The first-order chi connectivity index (χ1) is 11.6. The van der Waals surface area contributed by atoms with Crippen LogP contribution in [-0.4, -0.2) is 70.2 Å². The maximum atomic E-state index is 12.2. The Balaban J connectivity index is 1.51. The molecular formula is C17H24N6O. The lowest BCUT2D eigenvalue weighted by Gasteiger charge is -2.33. The monoisotopic (exact) mass is 328 g/mol. The summed E-state index contributed by atoms with van der Waals surface area (Å²) in [6.45, 7) is 9.53. The van der Waals surface area contributed by atoms with Crippen LogP contribution in [0, 0.1) is 6.92 Å². The second-order valence-corrected chi connectivity index (χ2v) is 6.08. The average Bonchev–Trinajstić information content (AvgIpc) is 3.02. The van der Waals surface area contributed by atoms with Crippen LogP contribution in [0.3, 0.4) is 0 Å². The Kier molecular flexibility index (Phi) is 5.22. The van der Waals surface area contributed by atoms with Crippen molar-refractivity contribution in [3.63, 3.8) is 0 Å². The van der Waals surface area contributed by atoms with Crippen molar-refractivity contribution in [1.82, 2.24) is 25.0 Å². The summed E-state index contributed by atoms with van der Waals surface area (Å²) >= 11 is 0. The van der Waals surface area contributed by atoms with Gasteiger partial charge in [0.15, 0.2) is 5.82 Å². The van der Waals surface area contributed by atoms with E-state index in [0.29, 0.717) is 12.4 Å². The number of rotatable bonds is 5. The smallest absolute Gasteiger partial charge is 0.238 e. The minimum Gasteiger partial charge on any atom is -0.325 e. The van der Waals surface area contributed by atoms with E-state index in [0.717, 1.165) is 49.8 Å². The largest absolute Gasteiger partial charge is 0.325 e. The van der Waals surface area contributed by atoms with Gasteiger partial charge >= 0.3 is 0 Å². The number of H-pyrrole nitrogens is 1. The van der Waals surface area contributed by atoms with Gasteiger partial charge in [0.2, 0.25) is 5.91 Å². The number of aryl methyl sites for hydroxylation is 1. The van der Waals surface area contributed by atoms with E-state index in [2.05, 4.69) is 37.2 Å². The number of nitrogens with zero attached hydrogens (tertiary/aromatic N) is 4. The summed E-state index contributed by atoms with van der Waals surface area (Å²) in [4.78, 5) is 21.1. The topological polar surface area (TPSA) is 77.1 Å². The molecule has 0 bridgehead atoms. The molecule has 0 unspecified atom stereocenters. The van der Waals surface area contributed by atoms with Crippen LogP contribution in [0.1, 0.15) is 12.7 Å². The van der Waals surface area contributed by atoms with Gasteiger partial charge in [0.25, 0.3) is 0 Å². The van der Waals surface area contributed by atoms with Crippen molar-refractivity contribution >= 4 is 11.6 Å². The lowest BCUT2D eigenvalue weighted by Crippen LogP contribution is -2.48. The molecule has 128 valence electrons. The van der Waals surface area contributed by atoms with E-state index in [1.54, 1.807) is 0 Å². The zero-order valence-electron chi connectivity index (χ0n) is 14.2. The number of carbonyl (C=O) groups excluding carboxylic acids is 1. The van der Waals surface area contributed by atoms with Crippen LogP contribution in [0.25, 0.3) is 11.4 Å². The Morgan fingerprint density at radius 3 is 2.42 bits per heavy atom. The Labute approximate surface area is 142 Å². The fourth-order valence-electron chi connectivity index (χ4n) is 2.84. The second-order valence-electron chi connectivity index (χ2n) is 6.08. The first kappa shape index (κ1) is 16.6. The number of carbonyl (C=O) groups is 1. The number of hydrogen-bond acceptors (Lipinski definition) is 5. The van der Waals surface area contributed by atoms with Crippen LogP contribution in [0.5, 0.6) is 0 Å². The van der Waals surface area contributed by atoms with Gasteiger partial charge in [-0.25, -0.2) is 4.98 Å². The molecule has 0 saturated carbocycles. The quantitative estimate of drug-likeness (QED) is 0.866. The van der Waals surface area contributed by atoms with Crippen molar-refractivity contribution in [3.8, 4) is 11.4 Å². The van der Waals surface area contributed by atoms with Crippen molar-refractivity contribution in [1.29, 1.82) is 0 Å². The van der Waals surface area contributed by atoms with Crippen LogP contribution in [0.15, 0.2) is 24.3 Å². The van der Waals surface area contributed by atoms with Crippen LogP contribution < -0.4 is 5.32 Å². The molecule has 24 heavy (non-hydrogen) atoms. The predicted molar refractivity (Wildman–Crippen MR) is 93.7 cm³/mol. The normalized spacial score (nSPS) is 16.2. The highest BCUT2D eigenvalue weighted by atomic mass is 16.2. The summed E-state index contributed by atoms with van der Waals surface area (Å²) in [7, 11) is 0. The van der Waals surface area contributed by atoms with E-state index in [1.807, 2.05) is 31.2 Å². The molecule has 2 aromatic rings. The molecule has 0 radical (unpaired) electrons. The summed E-state index contributed by atoms with van der Waals surface area (Å²) < 4.78 is 0. The molecule has 0 aliphatic carbocycles. The Morgan fingerprint density at radius 1 is 1.17 bits per heavy atom. The highest BCUT2D eigenvalue weighted by molar-refractivity contribution is 5.92. The molecule has 0 spiro atoms. The van der Waals surface area contributed by atoms with Gasteiger partial charge in [-0.2, -0.15) is 5.10 Å². The Morgan fingerprint density at radius 2 is 1.83 bits per heavy atom. The molecule has 3 rings (SSSR count). The molecule has 2 N–H and O–H groups in total. The number of anilines is 1. The molecule has 2 heterocycles. The van der Waals surface area contributed by atoms with Gasteiger partial charge in [-0.15, -0.1) is 0 Å². The maximum Gasteiger partial charge on any atom is 0.238 e. The average molecular weight is 328 g/mol. The molecule has 0 atom stereocenters. The van der Waals surface area contributed by atoms with Gasteiger partial charge in [0.1, 0.15) is 5.82 Å². The first-order valence-corrected chi connectivity index (χ1v) is 8.38. The lowest BCUT2D eigenvalue weighted by molar-refractivity contribution is -0.117. The third-order valence-electron chi connectivity index (χ3n) is 4.30. The highest BCUT2D eigenvalue weighted by Crippen LogP contribution is 2.17. The SMILES string of the molecule is CCN1CCN(CC(=O)Nc2ccc(-c3n[nH]c(C)n3)cc2)CC1. The number of nitrogens with one attached hydrogen (secondary N) is 2. The summed E-state index contributed by atoms with van der Waals surface area (Å²) in [5, 5.41) is 9.92. The fourth-order valence-corrected chi connectivity index (χ4v) is 2.84. The summed E-state index contributed by atoms with van der Waals surface area (Å²) in [5.41, 5.74) is 1.72. The Hall–Kier alpha value is -2.25.